The fourth-order valence-electron chi connectivity index (χ4n) is 4.81. The molecule has 34 heavy (non-hydrogen) atoms. The lowest BCUT2D eigenvalue weighted by Gasteiger charge is -2.33. The molecule has 0 unspecified atom stereocenters. The molecule has 0 aliphatic heterocycles. The third kappa shape index (κ3) is 5.75. The quantitative estimate of drug-likeness (QED) is 0.369. The van der Waals surface area contributed by atoms with Crippen LogP contribution >= 0.6 is 0 Å². The molecule has 0 atom stereocenters. The molecule has 0 spiro atoms. The van der Waals surface area contributed by atoms with Gasteiger partial charge in [-0.25, -0.2) is 13.8 Å². The van der Waals surface area contributed by atoms with Crippen molar-refractivity contribution in [3.05, 3.63) is 48.5 Å². The number of amides is 1. The molecule has 1 heterocycles. The normalized spacial score (nSPS) is 14.9. The minimum Gasteiger partial charge on any atom is -0.487 e. The monoisotopic (exact) mass is 469 g/mol. The Balaban J connectivity index is 1.54. The number of rotatable bonds is 9. The Morgan fingerprint density at radius 1 is 1.12 bits per heavy atom. The SMILES string of the molecule is CCN(C(=O)CCn1c(-c2ccc(OCC(C)(F)F)cc2)nc2ccccc21)C1CCCCC1. The van der Waals surface area contributed by atoms with E-state index in [0.29, 0.717) is 24.8 Å². The Kier molecular flexibility index (Phi) is 7.49. The number of hydrogen-bond donors (Lipinski definition) is 0. The van der Waals surface area contributed by atoms with Crippen molar-refractivity contribution in [1.82, 2.24) is 14.5 Å². The van der Waals surface area contributed by atoms with Crippen molar-refractivity contribution in [3.63, 3.8) is 0 Å². The molecule has 182 valence electrons. The van der Waals surface area contributed by atoms with E-state index < -0.39 is 12.5 Å². The van der Waals surface area contributed by atoms with Crippen LogP contribution in [0.3, 0.4) is 0 Å². The molecule has 0 radical (unpaired) electrons. The van der Waals surface area contributed by atoms with Crippen LogP contribution in [-0.2, 0) is 11.3 Å². The van der Waals surface area contributed by atoms with Gasteiger partial charge in [0.25, 0.3) is 5.92 Å². The lowest BCUT2D eigenvalue weighted by atomic mass is 9.94. The van der Waals surface area contributed by atoms with Crippen molar-refractivity contribution in [2.75, 3.05) is 13.2 Å². The molecule has 7 heteroatoms. The highest BCUT2D eigenvalue weighted by Gasteiger charge is 2.25. The van der Waals surface area contributed by atoms with Crippen LogP contribution in [0.4, 0.5) is 8.78 Å². The lowest BCUT2D eigenvalue weighted by molar-refractivity contribution is -0.134. The summed E-state index contributed by atoms with van der Waals surface area (Å²) in [5, 5.41) is 0. The lowest BCUT2D eigenvalue weighted by Crippen LogP contribution is -2.41. The number of benzene rings is 2. The van der Waals surface area contributed by atoms with Crippen molar-refractivity contribution < 1.29 is 18.3 Å². The first-order valence-corrected chi connectivity index (χ1v) is 12.2. The largest absolute Gasteiger partial charge is 0.487 e. The fraction of sp³-hybridized carbons (Fsp3) is 0.481. The zero-order valence-electron chi connectivity index (χ0n) is 20.0. The van der Waals surface area contributed by atoms with Gasteiger partial charge in [-0.05, 0) is 56.2 Å². The Bertz CT molecular complexity index is 1100. The highest BCUT2D eigenvalue weighted by Crippen LogP contribution is 2.28. The van der Waals surface area contributed by atoms with Crippen molar-refractivity contribution >= 4 is 16.9 Å². The van der Waals surface area contributed by atoms with Crippen molar-refractivity contribution in [2.24, 2.45) is 0 Å². The second-order valence-corrected chi connectivity index (χ2v) is 9.18. The van der Waals surface area contributed by atoms with Crippen LogP contribution in [0.5, 0.6) is 5.75 Å². The van der Waals surface area contributed by atoms with Crippen molar-refractivity contribution in [1.29, 1.82) is 0 Å². The number of alkyl halides is 2. The zero-order valence-corrected chi connectivity index (χ0v) is 20.0. The van der Waals surface area contributed by atoms with E-state index in [9.17, 15) is 13.6 Å². The number of imidazole rings is 1. The Morgan fingerprint density at radius 3 is 2.50 bits per heavy atom. The van der Waals surface area contributed by atoms with Gasteiger partial charge in [-0.15, -0.1) is 0 Å². The van der Waals surface area contributed by atoms with Crippen molar-refractivity contribution in [2.45, 2.75) is 70.9 Å². The van der Waals surface area contributed by atoms with E-state index >= 15 is 0 Å². The number of aryl methyl sites for hydroxylation is 1. The predicted molar refractivity (Wildman–Crippen MR) is 130 cm³/mol. The number of ether oxygens (including phenoxy) is 1. The number of aromatic nitrogens is 2. The second kappa shape index (κ2) is 10.5. The zero-order chi connectivity index (χ0) is 24.1. The number of carbonyl (C=O) groups excluding carboxylic acids is 1. The highest BCUT2D eigenvalue weighted by atomic mass is 19.3. The molecule has 1 amide bonds. The van der Waals surface area contributed by atoms with Gasteiger partial charge in [-0.3, -0.25) is 4.79 Å². The number of fused-ring (bicyclic) bond motifs is 1. The smallest absolute Gasteiger partial charge is 0.278 e. The van der Waals surface area contributed by atoms with Crippen LogP contribution in [0.2, 0.25) is 0 Å². The standard InChI is InChI=1S/C27H33F2N3O2/c1-3-31(21-9-5-4-6-10-21)25(33)17-18-32-24-12-8-7-11-23(24)30-26(32)20-13-15-22(16-14-20)34-19-27(2,28)29/h7-8,11-16,21H,3-6,9-10,17-19H2,1-2H3. The maximum absolute atomic E-state index is 13.2. The van der Waals surface area contributed by atoms with Crippen LogP contribution in [0.15, 0.2) is 48.5 Å². The topological polar surface area (TPSA) is 47.4 Å². The van der Waals surface area contributed by atoms with Gasteiger partial charge in [0.15, 0.2) is 6.61 Å². The molecule has 1 aliphatic carbocycles. The summed E-state index contributed by atoms with van der Waals surface area (Å²) in [6.45, 7) is 3.49. The molecule has 3 aromatic rings. The Hall–Kier alpha value is -2.96. The molecule has 0 bridgehead atoms. The van der Waals surface area contributed by atoms with E-state index in [1.54, 1.807) is 12.1 Å². The van der Waals surface area contributed by atoms with E-state index in [4.69, 9.17) is 9.72 Å². The maximum atomic E-state index is 13.2. The van der Waals surface area contributed by atoms with Crippen LogP contribution < -0.4 is 4.74 Å². The molecule has 1 aliphatic rings. The Labute approximate surface area is 199 Å². The number of carbonyl (C=O) groups is 1. The third-order valence-electron chi connectivity index (χ3n) is 6.49. The second-order valence-electron chi connectivity index (χ2n) is 9.18. The molecule has 0 N–H and O–H groups in total. The molecule has 5 nitrogen and oxygen atoms in total. The van der Waals surface area contributed by atoms with E-state index in [1.165, 1.54) is 19.3 Å². The average Bonchev–Trinajstić information content (AvgIpc) is 3.21. The average molecular weight is 470 g/mol. The molecular weight excluding hydrogens is 436 g/mol. The molecule has 1 saturated carbocycles. The van der Waals surface area contributed by atoms with Crippen LogP contribution in [0.1, 0.15) is 52.4 Å². The van der Waals surface area contributed by atoms with Gasteiger partial charge in [-0.2, -0.15) is 0 Å². The third-order valence-corrected chi connectivity index (χ3v) is 6.49. The number of nitrogens with zero attached hydrogens (tertiary/aromatic N) is 3. The van der Waals surface area contributed by atoms with Gasteiger partial charge in [-0.1, -0.05) is 31.4 Å². The van der Waals surface area contributed by atoms with Gasteiger partial charge < -0.3 is 14.2 Å². The van der Waals surface area contributed by atoms with E-state index in [1.807, 2.05) is 41.3 Å². The number of para-hydroxylation sites is 2. The summed E-state index contributed by atoms with van der Waals surface area (Å²) in [6, 6.07) is 15.2. The molecule has 2 aromatic carbocycles. The van der Waals surface area contributed by atoms with E-state index in [-0.39, 0.29) is 5.91 Å². The Morgan fingerprint density at radius 2 is 1.82 bits per heavy atom. The number of hydrogen-bond acceptors (Lipinski definition) is 3. The number of halogens is 2. The summed E-state index contributed by atoms with van der Waals surface area (Å²) < 4.78 is 33.5. The summed E-state index contributed by atoms with van der Waals surface area (Å²) in [6.07, 6.45) is 6.25. The molecular formula is C27H33F2N3O2. The van der Waals surface area contributed by atoms with Gasteiger partial charge in [0, 0.05) is 38.0 Å². The summed E-state index contributed by atoms with van der Waals surface area (Å²) in [7, 11) is 0. The summed E-state index contributed by atoms with van der Waals surface area (Å²) in [4.78, 5) is 20.0. The van der Waals surface area contributed by atoms with Crippen LogP contribution in [0.25, 0.3) is 22.4 Å². The first kappa shape index (κ1) is 24.2. The fourth-order valence-corrected chi connectivity index (χ4v) is 4.81. The summed E-state index contributed by atoms with van der Waals surface area (Å²) >= 11 is 0. The predicted octanol–water partition coefficient (Wildman–Crippen LogP) is 6.31. The van der Waals surface area contributed by atoms with E-state index in [0.717, 1.165) is 48.7 Å². The summed E-state index contributed by atoms with van der Waals surface area (Å²) in [5.74, 6) is -1.57. The minimum absolute atomic E-state index is 0.183. The van der Waals surface area contributed by atoms with Gasteiger partial charge in [0.05, 0.1) is 11.0 Å². The maximum Gasteiger partial charge on any atom is 0.278 e. The first-order valence-electron chi connectivity index (χ1n) is 12.2. The molecule has 4 rings (SSSR count). The summed E-state index contributed by atoms with van der Waals surface area (Å²) in [5.41, 5.74) is 2.67. The highest BCUT2D eigenvalue weighted by molar-refractivity contribution is 5.81. The van der Waals surface area contributed by atoms with Gasteiger partial charge >= 0.3 is 0 Å². The van der Waals surface area contributed by atoms with Crippen molar-refractivity contribution in [3.8, 4) is 17.1 Å². The van der Waals surface area contributed by atoms with Crippen LogP contribution in [-0.4, -0.2) is 45.5 Å². The van der Waals surface area contributed by atoms with E-state index in [2.05, 4.69) is 11.5 Å². The van der Waals surface area contributed by atoms with Gasteiger partial charge in [0.1, 0.15) is 11.6 Å². The minimum atomic E-state index is -2.89. The van der Waals surface area contributed by atoms with Gasteiger partial charge in [0.2, 0.25) is 5.91 Å². The molecule has 1 aromatic heterocycles. The van der Waals surface area contributed by atoms with Crippen LogP contribution in [0, 0.1) is 0 Å². The first-order chi connectivity index (χ1) is 16.4. The molecule has 0 saturated heterocycles. The molecule has 1 fully saturated rings.